The number of esters is 1. The summed E-state index contributed by atoms with van der Waals surface area (Å²) in [5, 5.41) is 3.11. The van der Waals surface area contributed by atoms with Gasteiger partial charge in [0.2, 0.25) is 5.91 Å². The number of thioether (sulfide) groups is 1. The zero-order valence-corrected chi connectivity index (χ0v) is 21.3. The molecule has 1 aliphatic heterocycles. The summed E-state index contributed by atoms with van der Waals surface area (Å²) in [5.41, 5.74) is 0.398. The molecule has 8 heteroatoms. The highest BCUT2D eigenvalue weighted by molar-refractivity contribution is 7.99. The van der Waals surface area contributed by atoms with E-state index in [1.807, 2.05) is 51.1 Å². The lowest BCUT2D eigenvalue weighted by atomic mass is 10.0. The zero-order valence-electron chi connectivity index (χ0n) is 20.5. The Kier molecular flexibility index (Phi) is 10.5. The van der Waals surface area contributed by atoms with E-state index in [9.17, 15) is 14.4 Å². The first-order valence-electron chi connectivity index (χ1n) is 11.6. The van der Waals surface area contributed by atoms with E-state index in [1.165, 1.54) is 16.7 Å². The molecule has 1 heterocycles. The molecule has 2 rings (SSSR count). The van der Waals surface area contributed by atoms with Crippen LogP contribution in [0, 0.1) is 5.92 Å². The maximum absolute atomic E-state index is 13.0. The van der Waals surface area contributed by atoms with Gasteiger partial charge in [0.1, 0.15) is 18.2 Å². The molecular formula is C25H38N2O5S. The largest absolute Gasteiger partial charge is 0.459 e. The standard InChI is InChI=1S/C25H38N2O5S/c1-18(2)14-20(16-33-17-22(28)32-25(3,4)5)26-23(29)21-12-9-13-27(21)24(30)31-15-19-10-7-6-8-11-19/h6-8,10-11,18,20-21H,9,12-17H2,1-5H3,(H,26,29). The maximum atomic E-state index is 13.0. The molecule has 0 aliphatic carbocycles. The van der Waals surface area contributed by atoms with Crippen LogP contribution in [0.25, 0.3) is 0 Å². The number of ether oxygens (including phenoxy) is 2. The highest BCUT2D eigenvalue weighted by Crippen LogP contribution is 2.21. The molecule has 1 aromatic rings. The Hall–Kier alpha value is -2.22. The molecule has 33 heavy (non-hydrogen) atoms. The summed E-state index contributed by atoms with van der Waals surface area (Å²) in [6, 6.07) is 8.87. The lowest BCUT2D eigenvalue weighted by Gasteiger charge is -2.27. The van der Waals surface area contributed by atoms with Crippen molar-refractivity contribution in [3.63, 3.8) is 0 Å². The van der Waals surface area contributed by atoms with Crippen LogP contribution in [-0.2, 0) is 25.7 Å². The minimum Gasteiger partial charge on any atom is -0.459 e. The monoisotopic (exact) mass is 478 g/mol. The SMILES string of the molecule is CC(C)CC(CSCC(=O)OC(C)(C)C)NC(=O)C1CCCN1C(=O)OCc1ccccc1. The van der Waals surface area contributed by atoms with Gasteiger partial charge in [-0.25, -0.2) is 4.79 Å². The fourth-order valence-corrected chi connectivity index (χ4v) is 4.60. The third kappa shape index (κ3) is 10.1. The van der Waals surface area contributed by atoms with Crippen LogP contribution in [0.4, 0.5) is 4.79 Å². The number of benzene rings is 1. The highest BCUT2D eigenvalue weighted by atomic mass is 32.2. The van der Waals surface area contributed by atoms with E-state index in [0.29, 0.717) is 24.6 Å². The molecule has 7 nitrogen and oxygen atoms in total. The average Bonchev–Trinajstić information content (AvgIpc) is 3.21. The molecule has 2 amide bonds. The first kappa shape index (κ1) is 27.0. The molecular weight excluding hydrogens is 440 g/mol. The van der Waals surface area contributed by atoms with Gasteiger partial charge < -0.3 is 14.8 Å². The van der Waals surface area contributed by atoms with E-state index in [1.54, 1.807) is 0 Å². The van der Waals surface area contributed by atoms with Crippen LogP contribution in [0.1, 0.15) is 59.4 Å². The van der Waals surface area contributed by atoms with E-state index in [-0.39, 0.29) is 30.3 Å². The number of nitrogens with zero attached hydrogens (tertiary/aromatic N) is 1. The van der Waals surface area contributed by atoms with E-state index < -0.39 is 17.7 Å². The highest BCUT2D eigenvalue weighted by Gasteiger charge is 2.36. The Morgan fingerprint density at radius 3 is 2.52 bits per heavy atom. The predicted octanol–water partition coefficient (Wildman–Crippen LogP) is 4.39. The molecule has 0 saturated carbocycles. The third-order valence-electron chi connectivity index (χ3n) is 5.06. The van der Waals surface area contributed by atoms with Gasteiger partial charge in [-0.15, -0.1) is 11.8 Å². The Labute approximate surface area is 202 Å². The molecule has 1 aliphatic rings. The molecule has 0 radical (unpaired) electrons. The summed E-state index contributed by atoms with van der Waals surface area (Å²) < 4.78 is 10.8. The molecule has 0 aromatic heterocycles. The van der Waals surface area contributed by atoms with Crippen molar-refractivity contribution in [1.82, 2.24) is 10.2 Å². The van der Waals surface area contributed by atoms with Gasteiger partial charge in [-0.1, -0.05) is 44.2 Å². The van der Waals surface area contributed by atoms with Gasteiger partial charge in [0.25, 0.3) is 0 Å². The van der Waals surface area contributed by atoms with E-state index >= 15 is 0 Å². The van der Waals surface area contributed by atoms with Crippen molar-refractivity contribution in [3.05, 3.63) is 35.9 Å². The lowest BCUT2D eigenvalue weighted by molar-refractivity contribution is -0.151. The van der Waals surface area contributed by atoms with Crippen LogP contribution in [-0.4, -0.2) is 58.6 Å². The van der Waals surface area contributed by atoms with Crippen LogP contribution >= 0.6 is 11.8 Å². The van der Waals surface area contributed by atoms with Crippen molar-refractivity contribution in [2.24, 2.45) is 5.92 Å². The predicted molar refractivity (Wildman–Crippen MR) is 131 cm³/mol. The summed E-state index contributed by atoms with van der Waals surface area (Å²) >= 11 is 1.46. The van der Waals surface area contributed by atoms with Gasteiger partial charge in [-0.2, -0.15) is 0 Å². The normalized spacial score (nSPS) is 17.0. The second kappa shape index (κ2) is 12.9. The number of nitrogens with one attached hydrogen (secondary N) is 1. The summed E-state index contributed by atoms with van der Waals surface area (Å²) in [6.45, 7) is 10.4. The molecule has 1 aromatic carbocycles. The van der Waals surface area contributed by atoms with Crippen molar-refractivity contribution < 1.29 is 23.9 Å². The minimum absolute atomic E-state index is 0.0901. The lowest BCUT2D eigenvalue weighted by Crippen LogP contribution is -2.49. The van der Waals surface area contributed by atoms with Crippen molar-refractivity contribution in [2.45, 2.75) is 78.2 Å². The second-order valence-corrected chi connectivity index (χ2v) is 10.9. The number of hydrogen-bond acceptors (Lipinski definition) is 6. The Morgan fingerprint density at radius 1 is 1.18 bits per heavy atom. The average molecular weight is 479 g/mol. The van der Waals surface area contributed by atoms with Crippen LogP contribution in [0.2, 0.25) is 0 Å². The number of hydrogen-bond donors (Lipinski definition) is 1. The molecule has 1 N–H and O–H groups in total. The number of carbonyl (C=O) groups excluding carboxylic acids is 3. The van der Waals surface area contributed by atoms with Gasteiger partial charge >= 0.3 is 12.1 Å². The van der Waals surface area contributed by atoms with Gasteiger partial charge in [0.15, 0.2) is 0 Å². The Morgan fingerprint density at radius 2 is 1.88 bits per heavy atom. The topological polar surface area (TPSA) is 84.9 Å². The number of rotatable bonds is 10. The number of carbonyl (C=O) groups is 3. The fourth-order valence-electron chi connectivity index (χ4n) is 3.75. The Balaban J connectivity index is 1.88. The van der Waals surface area contributed by atoms with E-state index in [0.717, 1.165) is 18.4 Å². The molecule has 1 fully saturated rings. The fraction of sp³-hybridized carbons (Fsp3) is 0.640. The summed E-state index contributed by atoms with van der Waals surface area (Å²) in [4.78, 5) is 39.2. The van der Waals surface area contributed by atoms with Crippen LogP contribution < -0.4 is 5.32 Å². The summed E-state index contributed by atoms with van der Waals surface area (Å²) in [5.74, 6) is 0.808. The molecule has 2 unspecified atom stereocenters. The molecule has 184 valence electrons. The maximum Gasteiger partial charge on any atom is 0.410 e. The van der Waals surface area contributed by atoms with Crippen molar-refractivity contribution in [3.8, 4) is 0 Å². The van der Waals surface area contributed by atoms with Crippen molar-refractivity contribution in [1.29, 1.82) is 0 Å². The van der Waals surface area contributed by atoms with Crippen molar-refractivity contribution >= 4 is 29.7 Å². The molecule has 2 atom stereocenters. The quantitative estimate of drug-likeness (QED) is 0.502. The van der Waals surface area contributed by atoms with Gasteiger partial charge in [0, 0.05) is 18.3 Å². The van der Waals surface area contributed by atoms with E-state index in [4.69, 9.17) is 9.47 Å². The summed E-state index contributed by atoms with van der Waals surface area (Å²) in [7, 11) is 0. The van der Waals surface area contributed by atoms with Crippen LogP contribution in [0.5, 0.6) is 0 Å². The van der Waals surface area contributed by atoms with Crippen LogP contribution in [0.3, 0.4) is 0 Å². The second-order valence-electron chi connectivity index (χ2n) is 9.83. The smallest absolute Gasteiger partial charge is 0.410 e. The van der Waals surface area contributed by atoms with Crippen LogP contribution in [0.15, 0.2) is 30.3 Å². The molecule has 1 saturated heterocycles. The third-order valence-corrected chi connectivity index (χ3v) is 6.13. The molecule has 0 spiro atoms. The minimum atomic E-state index is -0.529. The Bertz CT molecular complexity index is 779. The van der Waals surface area contributed by atoms with Gasteiger partial charge in [-0.3, -0.25) is 14.5 Å². The van der Waals surface area contributed by atoms with E-state index in [2.05, 4.69) is 19.2 Å². The van der Waals surface area contributed by atoms with Gasteiger partial charge in [0.05, 0.1) is 5.75 Å². The number of likely N-dealkylation sites (tertiary alicyclic amines) is 1. The van der Waals surface area contributed by atoms with Gasteiger partial charge in [-0.05, 0) is 51.5 Å². The first-order valence-corrected chi connectivity index (χ1v) is 12.8. The number of amides is 2. The summed E-state index contributed by atoms with van der Waals surface area (Å²) in [6.07, 6.45) is 1.71. The zero-order chi connectivity index (χ0) is 24.4. The van der Waals surface area contributed by atoms with Crippen molar-refractivity contribution in [2.75, 3.05) is 18.1 Å². The molecule has 0 bridgehead atoms. The first-order chi connectivity index (χ1) is 15.5.